The van der Waals surface area contributed by atoms with Gasteiger partial charge in [-0.2, -0.15) is 0 Å². The molecule has 0 aromatic rings. The van der Waals surface area contributed by atoms with Gasteiger partial charge in [0.2, 0.25) is 0 Å². The molecular weight excluding hydrogens is 423 g/mol. The molecule has 18 heavy (non-hydrogen) atoms. The zero-order valence-corrected chi connectivity index (χ0v) is 17.0. The van der Waals surface area contributed by atoms with Crippen molar-refractivity contribution in [3.63, 3.8) is 0 Å². The molecule has 0 spiro atoms. The first kappa shape index (κ1) is 20.4. The van der Waals surface area contributed by atoms with Crippen LogP contribution in [0.4, 0.5) is 0 Å². The zero-order valence-electron chi connectivity index (χ0n) is 11.5. The summed E-state index contributed by atoms with van der Waals surface area (Å²) in [5.74, 6) is -0.134. The fourth-order valence-corrected chi connectivity index (χ4v) is 1.59. The molecule has 4 heteroatoms. The predicted octanol–water partition coefficient (Wildman–Crippen LogP) is 2.30. The first-order chi connectivity index (χ1) is 8.31. The van der Waals surface area contributed by atoms with Crippen LogP contribution in [0.5, 0.6) is 0 Å². The van der Waals surface area contributed by atoms with Gasteiger partial charge in [0.25, 0.3) is 0 Å². The second-order valence-electron chi connectivity index (χ2n) is 4.25. The van der Waals surface area contributed by atoms with Crippen molar-refractivity contribution in [2.24, 2.45) is 0 Å². The van der Waals surface area contributed by atoms with Gasteiger partial charge in [-0.25, -0.2) is 0 Å². The van der Waals surface area contributed by atoms with Gasteiger partial charge in [0.05, 0.1) is 6.61 Å². The first-order valence-electron chi connectivity index (χ1n) is 6.68. The van der Waals surface area contributed by atoms with E-state index in [1.165, 1.54) is 25.7 Å². The molecule has 0 aliphatic rings. The second kappa shape index (κ2) is 17.1. The third-order valence-corrected chi connectivity index (χ3v) is 2.60. The summed E-state index contributed by atoms with van der Waals surface area (Å²) in [6, 6.07) is 0. The van der Waals surface area contributed by atoms with E-state index in [1.807, 2.05) is 6.08 Å². The molecule has 0 bridgehead atoms. The number of carbonyl (C=O) groups is 1. The molecule has 0 saturated heterocycles. The fraction of sp³-hybridized carbons (Fsp3) is 0.786. The van der Waals surface area contributed by atoms with Gasteiger partial charge in [0.15, 0.2) is 0 Å². The summed E-state index contributed by atoms with van der Waals surface area (Å²) in [6.45, 7) is 4.12. The van der Waals surface area contributed by atoms with Gasteiger partial charge in [-0.15, -0.1) is 6.58 Å². The van der Waals surface area contributed by atoms with E-state index in [-0.39, 0.29) is 39.9 Å². The summed E-state index contributed by atoms with van der Waals surface area (Å²) in [5.41, 5.74) is 0. The Kier molecular flexibility index (Phi) is 19.4. The van der Waals surface area contributed by atoms with E-state index < -0.39 is 0 Å². The molecule has 0 aliphatic carbocycles. The van der Waals surface area contributed by atoms with Crippen LogP contribution in [0, 0.1) is 0 Å². The van der Waals surface area contributed by atoms with Crippen molar-refractivity contribution < 1.29 is 14.6 Å². The van der Waals surface area contributed by atoms with Crippen molar-refractivity contribution in [3.8, 4) is 0 Å². The molecule has 0 aliphatic heterocycles. The van der Waals surface area contributed by atoms with Crippen LogP contribution in [0.2, 0.25) is 0 Å². The third kappa shape index (κ3) is 16.1. The number of allylic oxidation sites excluding steroid dienone is 1. The average Bonchev–Trinajstić information content (AvgIpc) is 2.33. The summed E-state index contributed by atoms with van der Waals surface area (Å²) in [6.07, 6.45) is 11.1. The Balaban J connectivity index is 0. The van der Waals surface area contributed by atoms with E-state index in [4.69, 9.17) is 9.84 Å². The van der Waals surface area contributed by atoms with Crippen molar-refractivity contribution in [2.45, 2.75) is 57.8 Å². The SMILES string of the molecule is C=CCCCCCCCCC(=O)OCCCO.[PbH2]. The number of ether oxygens (including phenoxy) is 1. The average molecular weight is 452 g/mol. The minimum atomic E-state index is -0.134. The number of hydrogen-bond acceptors (Lipinski definition) is 3. The molecule has 0 aromatic carbocycles. The Morgan fingerprint density at radius 1 is 1.06 bits per heavy atom. The van der Waals surface area contributed by atoms with Gasteiger partial charge < -0.3 is 9.84 Å². The number of esters is 1. The fourth-order valence-electron chi connectivity index (χ4n) is 1.59. The van der Waals surface area contributed by atoms with Crippen molar-refractivity contribution in [1.82, 2.24) is 0 Å². The summed E-state index contributed by atoms with van der Waals surface area (Å²) in [7, 11) is 0. The van der Waals surface area contributed by atoms with E-state index in [9.17, 15) is 4.79 Å². The van der Waals surface area contributed by atoms with Crippen LogP contribution in [0.1, 0.15) is 57.8 Å². The van der Waals surface area contributed by atoms with Gasteiger partial charge in [-0.05, 0) is 19.3 Å². The van der Waals surface area contributed by atoms with E-state index in [2.05, 4.69) is 6.58 Å². The number of unbranched alkanes of at least 4 members (excludes halogenated alkanes) is 6. The molecule has 0 saturated carbocycles. The van der Waals surface area contributed by atoms with E-state index in [1.54, 1.807) is 0 Å². The van der Waals surface area contributed by atoms with Crippen LogP contribution in [-0.2, 0) is 9.53 Å². The maximum absolute atomic E-state index is 11.2. The first-order valence-corrected chi connectivity index (χ1v) is 6.68. The maximum atomic E-state index is 11.2. The van der Waals surface area contributed by atoms with Gasteiger partial charge in [-0.3, -0.25) is 4.79 Å². The molecule has 0 unspecified atom stereocenters. The monoisotopic (exact) mass is 452 g/mol. The second-order valence-corrected chi connectivity index (χ2v) is 4.25. The Labute approximate surface area is 131 Å². The topological polar surface area (TPSA) is 46.5 Å². The minimum absolute atomic E-state index is 0. The molecule has 106 valence electrons. The van der Waals surface area contributed by atoms with Crippen LogP contribution in [-0.4, -0.2) is 51.6 Å². The van der Waals surface area contributed by atoms with Crippen LogP contribution >= 0.6 is 0 Å². The Morgan fingerprint density at radius 3 is 2.28 bits per heavy atom. The van der Waals surface area contributed by atoms with Gasteiger partial charge >= 0.3 is 33.3 Å². The molecule has 2 radical (unpaired) electrons. The molecule has 0 rings (SSSR count). The summed E-state index contributed by atoms with van der Waals surface area (Å²) >= 11 is 0. The number of aliphatic hydroxyl groups excluding tert-OH is 1. The van der Waals surface area contributed by atoms with E-state index in [0.717, 1.165) is 19.3 Å². The molecule has 0 amide bonds. The molecule has 0 fully saturated rings. The number of hydrogen-bond donors (Lipinski definition) is 1. The standard InChI is InChI=1S/C14H26O3.Pb.2H/c1-2-3-4-5-6-7-8-9-11-14(16)17-13-10-12-15;;;/h2,15H,1,3-13H2;;;. The van der Waals surface area contributed by atoms with Gasteiger partial charge in [-0.1, -0.05) is 31.8 Å². The third-order valence-electron chi connectivity index (χ3n) is 2.60. The Morgan fingerprint density at radius 2 is 1.67 bits per heavy atom. The summed E-state index contributed by atoms with van der Waals surface area (Å²) in [4.78, 5) is 11.2. The van der Waals surface area contributed by atoms with Crippen molar-refractivity contribution in [1.29, 1.82) is 0 Å². The molecular formula is C14H28O3Pb. The van der Waals surface area contributed by atoms with E-state index >= 15 is 0 Å². The van der Waals surface area contributed by atoms with Crippen molar-refractivity contribution >= 4 is 33.3 Å². The number of aliphatic hydroxyl groups is 1. The Hall–Kier alpha value is 0.0921. The zero-order chi connectivity index (χ0) is 12.8. The normalized spacial score (nSPS) is 9.61. The van der Waals surface area contributed by atoms with Gasteiger partial charge in [0.1, 0.15) is 0 Å². The number of rotatable bonds is 12. The summed E-state index contributed by atoms with van der Waals surface area (Å²) < 4.78 is 4.93. The van der Waals surface area contributed by atoms with Crippen LogP contribution in [0.3, 0.4) is 0 Å². The summed E-state index contributed by atoms with van der Waals surface area (Å²) in [5, 5.41) is 8.52. The van der Waals surface area contributed by atoms with E-state index in [0.29, 0.717) is 19.4 Å². The van der Waals surface area contributed by atoms with Crippen LogP contribution in [0.15, 0.2) is 12.7 Å². The molecule has 0 heterocycles. The Bertz CT molecular complexity index is 195. The molecule has 1 N–H and O–H groups in total. The quantitative estimate of drug-likeness (QED) is 0.214. The van der Waals surface area contributed by atoms with Gasteiger partial charge in [0, 0.05) is 19.4 Å². The molecule has 0 aromatic heterocycles. The van der Waals surface area contributed by atoms with Crippen LogP contribution in [0.25, 0.3) is 0 Å². The molecule has 3 nitrogen and oxygen atoms in total. The molecule has 0 atom stereocenters. The van der Waals surface area contributed by atoms with Crippen molar-refractivity contribution in [3.05, 3.63) is 12.7 Å². The number of carbonyl (C=O) groups excluding carboxylic acids is 1. The van der Waals surface area contributed by atoms with Crippen molar-refractivity contribution in [2.75, 3.05) is 13.2 Å². The predicted molar refractivity (Wildman–Crippen MR) is 78.3 cm³/mol. The van der Waals surface area contributed by atoms with Crippen LogP contribution < -0.4 is 0 Å².